The van der Waals surface area contributed by atoms with Gasteiger partial charge in [0.15, 0.2) is 0 Å². The van der Waals surface area contributed by atoms with Gasteiger partial charge >= 0.3 is 0 Å². The summed E-state index contributed by atoms with van der Waals surface area (Å²) in [5.41, 5.74) is 2.39. The number of allylic oxidation sites excluding steroid dienone is 1. The summed E-state index contributed by atoms with van der Waals surface area (Å²) in [6, 6.07) is 8.85. The molecule has 0 spiro atoms. The van der Waals surface area contributed by atoms with Crippen LogP contribution in [0.1, 0.15) is 16.5 Å². The van der Waals surface area contributed by atoms with Crippen molar-refractivity contribution >= 4 is 17.7 Å². The van der Waals surface area contributed by atoms with Gasteiger partial charge in [-0.25, -0.2) is 0 Å². The number of benzene rings is 1. The molecule has 1 aromatic rings. The van der Waals surface area contributed by atoms with E-state index < -0.39 is 0 Å². The summed E-state index contributed by atoms with van der Waals surface area (Å²) >= 11 is 5.94. The first-order valence-corrected chi connectivity index (χ1v) is 3.64. The van der Waals surface area contributed by atoms with Crippen LogP contribution in [0, 0.1) is 6.07 Å². The van der Waals surface area contributed by atoms with Crippen LogP contribution in [0.2, 0.25) is 0 Å². The van der Waals surface area contributed by atoms with Crippen molar-refractivity contribution < 1.29 is 0 Å². The lowest BCUT2D eigenvalue weighted by Gasteiger charge is -1.99. The Kier molecular flexibility index (Phi) is 1.28. The van der Waals surface area contributed by atoms with Crippen LogP contribution in [0.3, 0.4) is 0 Å². The maximum absolute atomic E-state index is 5.94. The van der Waals surface area contributed by atoms with Gasteiger partial charge in [-0.3, -0.25) is 0 Å². The molecule has 1 heteroatoms. The molecule has 1 unspecified atom stereocenters. The van der Waals surface area contributed by atoms with Crippen LogP contribution in [0.5, 0.6) is 0 Å². The molecular weight excluding hydrogens is 144 g/mol. The molecule has 1 aliphatic rings. The molecule has 0 heterocycles. The molecule has 10 heavy (non-hydrogen) atoms. The predicted octanol–water partition coefficient (Wildman–Crippen LogP) is 2.79. The number of fused-ring (bicyclic) bond motifs is 1. The third kappa shape index (κ3) is 0.764. The molecule has 0 saturated heterocycles. The molecule has 1 radical (unpaired) electrons. The Morgan fingerprint density at radius 1 is 1.50 bits per heavy atom. The van der Waals surface area contributed by atoms with E-state index in [0.717, 1.165) is 0 Å². The molecule has 49 valence electrons. The molecule has 0 bridgehead atoms. The summed E-state index contributed by atoms with van der Waals surface area (Å²) in [5, 5.41) is 0.0737. The Balaban J connectivity index is 2.59. The fourth-order valence-electron chi connectivity index (χ4n) is 1.14. The van der Waals surface area contributed by atoms with E-state index in [2.05, 4.69) is 6.07 Å². The summed E-state index contributed by atoms with van der Waals surface area (Å²) in [5.74, 6) is 0. The SMILES string of the molecule is ClC1C=Cc2c[c]ccc21. The van der Waals surface area contributed by atoms with Crippen molar-refractivity contribution in [2.45, 2.75) is 5.38 Å². The minimum atomic E-state index is 0.0737. The molecule has 0 aliphatic heterocycles. The zero-order valence-electron chi connectivity index (χ0n) is 5.34. The normalized spacial score (nSPS) is 21.1. The number of hydrogen-bond acceptors (Lipinski definition) is 0. The van der Waals surface area contributed by atoms with Gasteiger partial charge in [0.1, 0.15) is 0 Å². The first-order valence-electron chi connectivity index (χ1n) is 3.20. The topological polar surface area (TPSA) is 0 Å². The number of rotatable bonds is 0. The van der Waals surface area contributed by atoms with E-state index in [4.69, 9.17) is 11.6 Å². The summed E-state index contributed by atoms with van der Waals surface area (Å²) in [6.45, 7) is 0. The monoisotopic (exact) mass is 149 g/mol. The molecule has 0 nitrogen and oxygen atoms in total. The Hall–Kier alpha value is -0.750. The first kappa shape index (κ1) is 5.99. The van der Waals surface area contributed by atoms with Crippen molar-refractivity contribution in [1.82, 2.24) is 0 Å². The number of alkyl halides is 1. The second kappa shape index (κ2) is 2.14. The van der Waals surface area contributed by atoms with Crippen LogP contribution in [-0.4, -0.2) is 0 Å². The summed E-state index contributed by atoms with van der Waals surface area (Å²) < 4.78 is 0. The van der Waals surface area contributed by atoms with Gasteiger partial charge in [-0.05, 0) is 23.3 Å². The second-order valence-electron chi connectivity index (χ2n) is 2.32. The van der Waals surface area contributed by atoms with Gasteiger partial charge < -0.3 is 0 Å². The molecule has 0 amide bonds. The van der Waals surface area contributed by atoms with E-state index in [-0.39, 0.29) is 5.38 Å². The van der Waals surface area contributed by atoms with Crippen LogP contribution in [0.25, 0.3) is 6.08 Å². The van der Waals surface area contributed by atoms with Gasteiger partial charge in [0.2, 0.25) is 0 Å². The van der Waals surface area contributed by atoms with Crippen LogP contribution < -0.4 is 0 Å². The zero-order chi connectivity index (χ0) is 6.97. The largest absolute Gasteiger partial charge is 0.113 e. The fourth-order valence-corrected chi connectivity index (χ4v) is 1.41. The van der Waals surface area contributed by atoms with Gasteiger partial charge in [0.05, 0.1) is 5.38 Å². The smallest absolute Gasteiger partial charge is 0.0775 e. The lowest BCUT2D eigenvalue weighted by atomic mass is 10.1. The van der Waals surface area contributed by atoms with Crippen molar-refractivity contribution in [3.63, 3.8) is 0 Å². The van der Waals surface area contributed by atoms with E-state index in [1.54, 1.807) is 0 Å². The van der Waals surface area contributed by atoms with E-state index >= 15 is 0 Å². The van der Waals surface area contributed by atoms with E-state index in [1.807, 2.05) is 30.4 Å². The minimum absolute atomic E-state index is 0.0737. The van der Waals surface area contributed by atoms with Gasteiger partial charge in [0, 0.05) is 0 Å². The highest BCUT2D eigenvalue weighted by molar-refractivity contribution is 6.23. The first-order chi connectivity index (χ1) is 4.88. The fraction of sp³-hybridized carbons (Fsp3) is 0.111. The summed E-state index contributed by atoms with van der Waals surface area (Å²) in [7, 11) is 0. The van der Waals surface area contributed by atoms with Crippen LogP contribution in [0.15, 0.2) is 24.3 Å². The van der Waals surface area contributed by atoms with Gasteiger partial charge in [-0.1, -0.05) is 24.3 Å². The number of halogens is 1. The van der Waals surface area contributed by atoms with Crippen LogP contribution in [-0.2, 0) is 0 Å². The van der Waals surface area contributed by atoms with Crippen LogP contribution in [0.4, 0.5) is 0 Å². The van der Waals surface area contributed by atoms with Gasteiger partial charge in [0.25, 0.3) is 0 Å². The highest BCUT2D eigenvalue weighted by Crippen LogP contribution is 2.31. The molecule has 1 aromatic carbocycles. The third-order valence-electron chi connectivity index (χ3n) is 1.67. The van der Waals surface area contributed by atoms with Crippen molar-refractivity contribution in [1.29, 1.82) is 0 Å². The van der Waals surface area contributed by atoms with Gasteiger partial charge in [-0.15, -0.1) is 11.6 Å². The summed E-state index contributed by atoms with van der Waals surface area (Å²) in [6.07, 6.45) is 4.02. The lowest BCUT2D eigenvalue weighted by Crippen LogP contribution is -1.81. The zero-order valence-corrected chi connectivity index (χ0v) is 6.10. The van der Waals surface area contributed by atoms with Crippen molar-refractivity contribution in [3.05, 3.63) is 41.5 Å². The van der Waals surface area contributed by atoms with E-state index in [0.29, 0.717) is 0 Å². The molecule has 0 N–H and O–H groups in total. The molecule has 1 aliphatic carbocycles. The summed E-state index contributed by atoms with van der Waals surface area (Å²) in [4.78, 5) is 0. The van der Waals surface area contributed by atoms with Crippen molar-refractivity contribution in [2.24, 2.45) is 0 Å². The second-order valence-corrected chi connectivity index (χ2v) is 2.79. The number of hydrogen-bond donors (Lipinski definition) is 0. The highest BCUT2D eigenvalue weighted by atomic mass is 35.5. The Morgan fingerprint density at radius 2 is 2.40 bits per heavy atom. The molecular formula is C9H6Cl. The quantitative estimate of drug-likeness (QED) is 0.498. The van der Waals surface area contributed by atoms with E-state index in [1.165, 1.54) is 11.1 Å². The maximum atomic E-state index is 5.94. The highest BCUT2D eigenvalue weighted by Gasteiger charge is 2.12. The van der Waals surface area contributed by atoms with Crippen molar-refractivity contribution in [2.75, 3.05) is 0 Å². The molecule has 2 rings (SSSR count). The Morgan fingerprint density at radius 3 is 3.20 bits per heavy atom. The third-order valence-corrected chi connectivity index (χ3v) is 2.05. The molecule has 0 saturated carbocycles. The standard InChI is InChI=1S/C9H6Cl/c10-9-6-5-7-3-1-2-4-8(7)9/h2-6,9H. The Bertz CT molecular complexity index is 276. The minimum Gasteiger partial charge on any atom is -0.113 e. The molecule has 1 atom stereocenters. The van der Waals surface area contributed by atoms with Gasteiger partial charge in [-0.2, -0.15) is 0 Å². The van der Waals surface area contributed by atoms with Crippen molar-refractivity contribution in [3.8, 4) is 0 Å². The molecule has 0 fully saturated rings. The van der Waals surface area contributed by atoms with Crippen LogP contribution >= 0.6 is 11.6 Å². The lowest BCUT2D eigenvalue weighted by molar-refractivity contribution is 1.25. The average Bonchev–Trinajstić information content (AvgIpc) is 2.34. The maximum Gasteiger partial charge on any atom is 0.0775 e. The average molecular weight is 150 g/mol. The molecule has 0 aromatic heterocycles. The Labute approximate surface area is 65.1 Å². The predicted molar refractivity (Wildman–Crippen MR) is 42.9 cm³/mol. The van der Waals surface area contributed by atoms with E-state index in [9.17, 15) is 0 Å².